The third-order valence-electron chi connectivity index (χ3n) is 3.06. The summed E-state index contributed by atoms with van der Waals surface area (Å²) in [6.45, 7) is 3.53. The molecular formula is C11H18N4O2. The molecule has 1 aromatic heterocycles. The zero-order valence-corrected chi connectivity index (χ0v) is 9.96. The zero-order valence-electron chi connectivity index (χ0n) is 9.96. The van der Waals surface area contributed by atoms with Gasteiger partial charge >= 0.3 is 0 Å². The van der Waals surface area contributed by atoms with Crippen molar-refractivity contribution < 1.29 is 9.90 Å². The smallest absolute Gasteiger partial charge is 0.224 e. The van der Waals surface area contributed by atoms with Crippen LogP contribution in [-0.4, -0.2) is 38.3 Å². The summed E-state index contributed by atoms with van der Waals surface area (Å²) in [6, 6.07) is 1.96. The van der Waals surface area contributed by atoms with Crippen molar-refractivity contribution in [2.75, 3.05) is 6.54 Å². The van der Waals surface area contributed by atoms with Crippen LogP contribution in [0.2, 0.25) is 0 Å². The van der Waals surface area contributed by atoms with Crippen LogP contribution in [0.1, 0.15) is 24.7 Å². The molecule has 1 atom stereocenters. The van der Waals surface area contributed by atoms with E-state index < -0.39 is 0 Å². The van der Waals surface area contributed by atoms with Crippen LogP contribution in [-0.2, 0) is 24.5 Å². The van der Waals surface area contributed by atoms with E-state index in [0.29, 0.717) is 31.7 Å². The second-order valence-electron chi connectivity index (χ2n) is 4.38. The van der Waals surface area contributed by atoms with E-state index in [0.717, 1.165) is 5.69 Å². The second-order valence-corrected chi connectivity index (χ2v) is 4.38. The molecule has 94 valence electrons. The number of rotatable bonds is 3. The molecule has 0 unspecified atom stereocenters. The first-order chi connectivity index (χ1) is 8.15. The van der Waals surface area contributed by atoms with Crippen molar-refractivity contribution in [2.45, 2.75) is 39.1 Å². The van der Waals surface area contributed by atoms with Crippen molar-refractivity contribution in [2.24, 2.45) is 5.73 Å². The van der Waals surface area contributed by atoms with Gasteiger partial charge in [-0.1, -0.05) is 0 Å². The van der Waals surface area contributed by atoms with Gasteiger partial charge in [0, 0.05) is 19.0 Å². The summed E-state index contributed by atoms with van der Waals surface area (Å²) in [4.78, 5) is 13.7. The Labute approximate surface area is 100 Å². The van der Waals surface area contributed by atoms with Crippen molar-refractivity contribution in [3.05, 3.63) is 17.5 Å². The van der Waals surface area contributed by atoms with Crippen molar-refractivity contribution >= 4 is 5.91 Å². The fourth-order valence-electron chi connectivity index (χ4n) is 2.16. The minimum Gasteiger partial charge on any atom is -0.390 e. The monoisotopic (exact) mass is 238 g/mol. The van der Waals surface area contributed by atoms with Crippen molar-refractivity contribution in [3.8, 4) is 0 Å². The van der Waals surface area contributed by atoms with E-state index in [1.807, 2.05) is 22.6 Å². The van der Waals surface area contributed by atoms with Crippen LogP contribution in [0, 0.1) is 0 Å². The molecule has 2 heterocycles. The van der Waals surface area contributed by atoms with Gasteiger partial charge in [0.1, 0.15) is 0 Å². The molecule has 17 heavy (non-hydrogen) atoms. The quantitative estimate of drug-likeness (QED) is 0.740. The van der Waals surface area contributed by atoms with E-state index in [1.165, 1.54) is 0 Å². The summed E-state index contributed by atoms with van der Waals surface area (Å²) in [5.74, 6) is 0.0815. The third kappa shape index (κ3) is 2.32. The number of carbonyl (C=O) groups is 1. The maximum Gasteiger partial charge on any atom is 0.224 e. The van der Waals surface area contributed by atoms with E-state index in [2.05, 4.69) is 5.10 Å². The van der Waals surface area contributed by atoms with E-state index >= 15 is 0 Å². The van der Waals surface area contributed by atoms with E-state index in [1.54, 1.807) is 0 Å². The van der Waals surface area contributed by atoms with Crippen LogP contribution in [0.5, 0.6) is 0 Å². The lowest BCUT2D eigenvalue weighted by Crippen LogP contribution is -2.45. The molecule has 0 radical (unpaired) electrons. The Hall–Kier alpha value is -1.40. The molecule has 0 fully saturated rings. The average Bonchev–Trinajstić information content (AvgIpc) is 2.70. The SMILES string of the molecule is C[C@@H]1Cn2nc(CO)cc2CN1C(=O)CCN. The number of aliphatic hydroxyl groups is 1. The topological polar surface area (TPSA) is 84.4 Å². The number of nitrogens with two attached hydrogens (primary N) is 1. The lowest BCUT2D eigenvalue weighted by molar-refractivity contribution is -0.135. The van der Waals surface area contributed by atoms with Crippen LogP contribution in [0.4, 0.5) is 0 Å². The first-order valence-electron chi connectivity index (χ1n) is 5.81. The standard InChI is InChI=1S/C11H18N4O2/c1-8-5-15-10(4-9(7-16)13-15)6-14(8)11(17)2-3-12/h4,8,16H,2-3,5-7,12H2,1H3/t8-/m1/s1. The lowest BCUT2D eigenvalue weighted by Gasteiger charge is -2.34. The molecule has 0 saturated heterocycles. The number of aromatic nitrogens is 2. The lowest BCUT2D eigenvalue weighted by atomic mass is 10.1. The van der Waals surface area contributed by atoms with Crippen molar-refractivity contribution in [3.63, 3.8) is 0 Å². The largest absolute Gasteiger partial charge is 0.390 e. The normalized spacial score (nSPS) is 19.2. The Balaban J connectivity index is 2.17. The molecule has 3 N–H and O–H groups in total. The molecule has 1 aliphatic heterocycles. The molecule has 6 heteroatoms. The predicted octanol–water partition coefficient (Wildman–Crippen LogP) is -0.545. The number of carbonyl (C=O) groups excluding carboxylic acids is 1. The minimum atomic E-state index is -0.0644. The maximum absolute atomic E-state index is 11.9. The van der Waals surface area contributed by atoms with Crippen LogP contribution in [0.15, 0.2) is 6.07 Å². The summed E-state index contributed by atoms with van der Waals surface area (Å²) in [5, 5.41) is 13.3. The van der Waals surface area contributed by atoms with Crippen LogP contribution in [0.3, 0.4) is 0 Å². The number of hydrogen-bond acceptors (Lipinski definition) is 4. The molecular weight excluding hydrogens is 220 g/mol. The molecule has 0 bridgehead atoms. The average molecular weight is 238 g/mol. The van der Waals surface area contributed by atoms with Gasteiger partial charge < -0.3 is 15.7 Å². The van der Waals surface area contributed by atoms with Crippen LogP contribution < -0.4 is 5.73 Å². The number of hydrogen-bond donors (Lipinski definition) is 2. The Morgan fingerprint density at radius 1 is 1.71 bits per heavy atom. The molecule has 1 aromatic rings. The van der Waals surface area contributed by atoms with Gasteiger partial charge in [-0.05, 0) is 13.0 Å². The molecule has 1 aliphatic rings. The first kappa shape index (κ1) is 12.1. The number of amides is 1. The highest BCUT2D eigenvalue weighted by Crippen LogP contribution is 2.19. The molecule has 0 saturated carbocycles. The maximum atomic E-state index is 11.9. The van der Waals surface area contributed by atoms with Gasteiger partial charge in [0.2, 0.25) is 5.91 Å². The van der Waals surface area contributed by atoms with Gasteiger partial charge in [-0.3, -0.25) is 9.48 Å². The Kier molecular flexibility index (Phi) is 3.44. The van der Waals surface area contributed by atoms with Crippen molar-refractivity contribution in [1.82, 2.24) is 14.7 Å². The van der Waals surface area contributed by atoms with Gasteiger partial charge in [-0.25, -0.2) is 0 Å². The molecule has 1 amide bonds. The molecule has 6 nitrogen and oxygen atoms in total. The van der Waals surface area contributed by atoms with E-state index in [4.69, 9.17) is 10.8 Å². The highest BCUT2D eigenvalue weighted by molar-refractivity contribution is 5.76. The minimum absolute atomic E-state index is 0.0644. The van der Waals surface area contributed by atoms with Gasteiger partial charge in [0.25, 0.3) is 0 Å². The highest BCUT2D eigenvalue weighted by Gasteiger charge is 2.27. The summed E-state index contributed by atoms with van der Waals surface area (Å²) in [6.07, 6.45) is 0.380. The summed E-state index contributed by atoms with van der Waals surface area (Å²) >= 11 is 0. The fourth-order valence-corrected chi connectivity index (χ4v) is 2.16. The number of fused-ring (bicyclic) bond motifs is 1. The molecule has 0 spiro atoms. The van der Waals surface area contributed by atoms with Crippen molar-refractivity contribution in [1.29, 1.82) is 0 Å². The Morgan fingerprint density at radius 2 is 2.47 bits per heavy atom. The second kappa shape index (κ2) is 4.85. The summed E-state index contributed by atoms with van der Waals surface area (Å²) in [7, 11) is 0. The summed E-state index contributed by atoms with van der Waals surface area (Å²) < 4.78 is 1.86. The van der Waals surface area contributed by atoms with Gasteiger partial charge in [0.15, 0.2) is 0 Å². The fraction of sp³-hybridized carbons (Fsp3) is 0.636. The van der Waals surface area contributed by atoms with Gasteiger partial charge in [-0.2, -0.15) is 5.10 Å². The molecule has 0 aliphatic carbocycles. The Bertz CT molecular complexity index is 416. The molecule has 0 aromatic carbocycles. The predicted molar refractivity (Wildman–Crippen MR) is 61.8 cm³/mol. The van der Waals surface area contributed by atoms with Crippen LogP contribution in [0.25, 0.3) is 0 Å². The number of aliphatic hydroxyl groups excluding tert-OH is 1. The van der Waals surface area contributed by atoms with E-state index in [9.17, 15) is 4.79 Å². The zero-order chi connectivity index (χ0) is 12.4. The highest BCUT2D eigenvalue weighted by atomic mass is 16.3. The third-order valence-corrected chi connectivity index (χ3v) is 3.06. The van der Waals surface area contributed by atoms with Crippen LogP contribution >= 0.6 is 0 Å². The van der Waals surface area contributed by atoms with Gasteiger partial charge in [-0.15, -0.1) is 0 Å². The Morgan fingerprint density at radius 3 is 3.12 bits per heavy atom. The number of nitrogens with zero attached hydrogens (tertiary/aromatic N) is 3. The first-order valence-corrected chi connectivity index (χ1v) is 5.81. The van der Waals surface area contributed by atoms with Gasteiger partial charge in [0.05, 0.1) is 31.1 Å². The summed E-state index contributed by atoms with van der Waals surface area (Å²) in [5.41, 5.74) is 7.03. The van der Waals surface area contributed by atoms with E-state index in [-0.39, 0.29) is 18.6 Å². The molecule has 2 rings (SSSR count).